The molecule has 0 saturated heterocycles. The van der Waals surface area contributed by atoms with E-state index >= 15 is 0 Å². The van der Waals surface area contributed by atoms with Crippen LogP contribution in [0.3, 0.4) is 0 Å². The van der Waals surface area contributed by atoms with Crippen LogP contribution < -0.4 is 14.8 Å². The molecule has 26 heavy (non-hydrogen) atoms. The van der Waals surface area contributed by atoms with Crippen LogP contribution in [0.4, 0.5) is 5.69 Å². The molecule has 0 aliphatic rings. The van der Waals surface area contributed by atoms with Gasteiger partial charge in [0.1, 0.15) is 0 Å². The summed E-state index contributed by atoms with van der Waals surface area (Å²) in [6, 6.07) is 18.6. The van der Waals surface area contributed by atoms with Gasteiger partial charge in [-0.1, -0.05) is 36.4 Å². The first-order valence-corrected chi connectivity index (χ1v) is 8.22. The maximum absolute atomic E-state index is 12.9. The lowest BCUT2D eigenvalue weighted by atomic mass is 10.1. The lowest BCUT2D eigenvalue weighted by Gasteiger charge is -2.15. The normalized spacial score (nSPS) is 10.2. The highest BCUT2D eigenvalue weighted by Gasteiger charge is 2.20. The van der Waals surface area contributed by atoms with Gasteiger partial charge in [-0.3, -0.25) is 4.79 Å². The molecule has 130 valence electrons. The third kappa shape index (κ3) is 3.31. The van der Waals surface area contributed by atoms with Crippen molar-refractivity contribution in [3.05, 3.63) is 65.7 Å². The minimum absolute atomic E-state index is 0.260. The Morgan fingerprint density at radius 1 is 1.15 bits per heavy atom. The minimum Gasteiger partial charge on any atom is -0.493 e. The van der Waals surface area contributed by atoms with Crippen molar-refractivity contribution in [1.29, 1.82) is 5.26 Å². The number of nitrogens with zero attached hydrogens (tertiary/aromatic N) is 1. The zero-order valence-corrected chi connectivity index (χ0v) is 14.6. The van der Waals surface area contributed by atoms with Gasteiger partial charge in [-0.15, -0.1) is 0 Å². The van der Waals surface area contributed by atoms with Crippen molar-refractivity contribution in [3.8, 4) is 17.6 Å². The van der Waals surface area contributed by atoms with Crippen molar-refractivity contribution < 1.29 is 14.3 Å². The molecule has 5 heteroatoms. The Morgan fingerprint density at radius 2 is 1.92 bits per heavy atom. The van der Waals surface area contributed by atoms with Crippen molar-refractivity contribution in [2.45, 2.75) is 6.92 Å². The molecule has 0 atom stereocenters. The molecule has 3 aromatic rings. The van der Waals surface area contributed by atoms with Crippen LogP contribution >= 0.6 is 0 Å². The highest BCUT2D eigenvalue weighted by atomic mass is 16.5. The average molecular weight is 346 g/mol. The van der Waals surface area contributed by atoms with E-state index in [2.05, 4.69) is 5.32 Å². The summed E-state index contributed by atoms with van der Waals surface area (Å²) in [5.74, 6) is 0.320. The molecule has 0 aliphatic carbocycles. The third-order valence-electron chi connectivity index (χ3n) is 3.98. The van der Waals surface area contributed by atoms with Crippen LogP contribution in [-0.4, -0.2) is 19.6 Å². The summed E-state index contributed by atoms with van der Waals surface area (Å²) in [6.45, 7) is 2.20. The highest BCUT2D eigenvalue weighted by molar-refractivity contribution is 6.11. The molecular weight excluding hydrogens is 328 g/mol. The predicted molar refractivity (Wildman–Crippen MR) is 101 cm³/mol. The van der Waals surface area contributed by atoms with Crippen LogP contribution in [0.25, 0.3) is 10.8 Å². The fourth-order valence-electron chi connectivity index (χ4n) is 2.80. The van der Waals surface area contributed by atoms with Crippen molar-refractivity contribution in [3.63, 3.8) is 0 Å². The number of amides is 1. The zero-order chi connectivity index (χ0) is 18.5. The molecule has 5 nitrogen and oxygen atoms in total. The van der Waals surface area contributed by atoms with Crippen molar-refractivity contribution >= 4 is 22.4 Å². The van der Waals surface area contributed by atoms with Gasteiger partial charge in [0.2, 0.25) is 0 Å². The molecule has 0 aromatic heterocycles. The maximum atomic E-state index is 12.9. The van der Waals surface area contributed by atoms with Crippen LogP contribution in [0.5, 0.6) is 11.5 Å². The smallest absolute Gasteiger partial charge is 0.259 e. The van der Waals surface area contributed by atoms with Crippen LogP contribution in [0.1, 0.15) is 22.8 Å². The van der Waals surface area contributed by atoms with Gasteiger partial charge in [0.25, 0.3) is 5.91 Å². The van der Waals surface area contributed by atoms with E-state index < -0.39 is 0 Å². The fraction of sp³-hybridized carbons (Fsp3) is 0.143. The van der Waals surface area contributed by atoms with E-state index in [-0.39, 0.29) is 11.5 Å². The zero-order valence-electron chi connectivity index (χ0n) is 14.6. The SMILES string of the molecule is CCOc1c(OC)cc(C#N)cc1C(=O)Nc1cccc2ccccc12. The molecule has 1 amide bonds. The third-order valence-corrected chi connectivity index (χ3v) is 3.98. The largest absolute Gasteiger partial charge is 0.493 e. The number of anilines is 1. The van der Waals surface area contributed by atoms with Gasteiger partial charge in [-0.05, 0) is 24.4 Å². The van der Waals surface area contributed by atoms with Gasteiger partial charge in [-0.25, -0.2) is 0 Å². The maximum Gasteiger partial charge on any atom is 0.259 e. The summed E-state index contributed by atoms with van der Waals surface area (Å²) in [4.78, 5) is 12.9. The first-order chi connectivity index (χ1) is 12.7. The quantitative estimate of drug-likeness (QED) is 0.744. The second kappa shape index (κ2) is 7.58. The number of fused-ring (bicyclic) bond motifs is 1. The monoisotopic (exact) mass is 346 g/mol. The fourth-order valence-corrected chi connectivity index (χ4v) is 2.80. The summed E-state index contributed by atoms with van der Waals surface area (Å²) < 4.78 is 10.9. The number of nitrogens with one attached hydrogen (secondary N) is 1. The Hall–Kier alpha value is -3.52. The number of carbonyl (C=O) groups is 1. The van der Waals surface area contributed by atoms with Crippen molar-refractivity contribution in [2.75, 3.05) is 19.0 Å². The van der Waals surface area contributed by atoms with E-state index in [1.54, 1.807) is 6.07 Å². The molecular formula is C21H18N2O3. The number of rotatable bonds is 5. The first-order valence-electron chi connectivity index (χ1n) is 8.22. The van der Waals surface area contributed by atoms with Gasteiger partial charge < -0.3 is 14.8 Å². The molecule has 0 aliphatic heterocycles. The van der Waals surface area contributed by atoms with Crippen molar-refractivity contribution in [1.82, 2.24) is 0 Å². The van der Waals surface area contributed by atoms with Crippen LogP contribution in [0, 0.1) is 11.3 Å². The summed E-state index contributed by atoms with van der Waals surface area (Å²) in [5.41, 5.74) is 1.28. The van der Waals surface area contributed by atoms with E-state index in [1.165, 1.54) is 13.2 Å². The summed E-state index contributed by atoms with van der Waals surface area (Å²) in [5, 5.41) is 14.1. The van der Waals surface area contributed by atoms with E-state index in [1.807, 2.05) is 55.5 Å². The van der Waals surface area contributed by atoms with Gasteiger partial charge >= 0.3 is 0 Å². The number of methoxy groups -OCH3 is 1. The van der Waals surface area contributed by atoms with Gasteiger partial charge in [-0.2, -0.15) is 5.26 Å². The number of benzene rings is 3. The van der Waals surface area contributed by atoms with Gasteiger partial charge in [0.05, 0.1) is 30.9 Å². The number of hydrogen-bond donors (Lipinski definition) is 1. The Morgan fingerprint density at radius 3 is 2.65 bits per heavy atom. The molecule has 0 spiro atoms. The molecule has 0 fully saturated rings. The average Bonchev–Trinajstić information content (AvgIpc) is 2.68. The second-order valence-electron chi connectivity index (χ2n) is 5.58. The Balaban J connectivity index is 2.05. The molecule has 0 unspecified atom stereocenters. The topological polar surface area (TPSA) is 71.3 Å². The van der Waals surface area contributed by atoms with E-state index in [9.17, 15) is 10.1 Å². The predicted octanol–water partition coefficient (Wildman–Crippen LogP) is 4.37. The molecule has 0 bridgehead atoms. The Bertz CT molecular complexity index is 1000. The van der Waals surface area contributed by atoms with E-state index in [0.717, 1.165) is 10.8 Å². The summed E-state index contributed by atoms with van der Waals surface area (Å²) >= 11 is 0. The first kappa shape index (κ1) is 17.3. The van der Waals surface area contributed by atoms with Crippen molar-refractivity contribution in [2.24, 2.45) is 0 Å². The second-order valence-corrected chi connectivity index (χ2v) is 5.58. The molecule has 0 saturated carbocycles. The highest BCUT2D eigenvalue weighted by Crippen LogP contribution is 2.34. The summed E-state index contributed by atoms with van der Waals surface area (Å²) in [6.07, 6.45) is 0. The Labute approximate surface area is 151 Å². The van der Waals surface area contributed by atoms with Crippen LogP contribution in [0.2, 0.25) is 0 Å². The standard InChI is InChI=1S/C21H18N2O3/c1-3-26-20-17(11-14(13-22)12-19(20)25-2)21(24)23-18-10-6-8-15-7-4-5-9-16(15)18/h4-12H,3H2,1-2H3,(H,23,24). The molecule has 3 rings (SSSR count). The molecule has 0 radical (unpaired) electrons. The number of nitriles is 1. The molecule has 0 heterocycles. The van der Waals surface area contributed by atoms with E-state index in [0.29, 0.717) is 29.4 Å². The van der Waals surface area contributed by atoms with E-state index in [4.69, 9.17) is 9.47 Å². The lowest BCUT2D eigenvalue weighted by molar-refractivity contribution is 0.102. The van der Waals surface area contributed by atoms with Crippen LogP contribution in [0.15, 0.2) is 54.6 Å². The van der Waals surface area contributed by atoms with Crippen LogP contribution in [-0.2, 0) is 0 Å². The van der Waals surface area contributed by atoms with Gasteiger partial charge in [0, 0.05) is 17.1 Å². The Kier molecular flexibility index (Phi) is 5.04. The van der Waals surface area contributed by atoms with Gasteiger partial charge in [0.15, 0.2) is 11.5 Å². The molecule has 3 aromatic carbocycles. The lowest BCUT2D eigenvalue weighted by Crippen LogP contribution is -2.15. The molecule has 1 N–H and O–H groups in total. The number of ether oxygens (including phenoxy) is 2. The minimum atomic E-state index is -0.361. The number of carbonyl (C=O) groups excluding carboxylic acids is 1. The number of hydrogen-bond acceptors (Lipinski definition) is 4. The summed E-state index contributed by atoms with van der Waals surface area (Å²) in [7, 11) is 1.48.